The fraction of sp³-hybridized carbons (Fsp3) is 0.357. The normalized spacial score (nSPS) is 10.7. The number of anilines is 1. The number of imidazole rings is 1. The van der Waals surface area contributed by atoms with Gasteiger partial charge in [0.25, 0.3) is 0 Å². The van der Waals surface area contributed by atoms with Crippen LogP contribution >= 0.6 is 0 Å². The lowest BCUT2D eigenvalue weighted by molar-refractivity contribution is 0.408. The van der Waals surface area contributed by atoms with Crippen molar-refractivity contribution >= 4 is 5.95 Å². The Hall–Kier alpha value is -1.97. The summed E-state index contributed by atoms with van der Waals surface area (Å²) < 4.78 is 7.30. The summed E-state index contributed by atoms with van der Waals surface area (Å²) in [6, 6.07) is 4.21. The number of ether oxygens (including phenoxy) is 1. The van der Waals surface area contributed by atoms with Crippen LogP contribution in [0.25, 0.3) is 11.3 Å². The van der Waals surface area contributed by atoms with E-state index in [1.54, 1.807) is 7.11 Å². The Morgan fingerprint density at radius 1 is 1.17 bits per heavy atom. The third-order valence-electron chi connectivity index (χ3n) is 3.24. The number of nitrogens with two attached hydrogens (primary N) is 1. The third kappa shape index (κ3) is 1.83. The second-order valence-corrected chi connectivity index (χ2v) is 4.61. The first-order chi connectivity index (χ1) is 8.45. The number of hydrogen-bond acceptors (Lipinski definition) is 3. The zero-order valence-corrected chi connectivity index (χ0v) is 11.5. The first kappa shape index (κ1) is 12.5. The molecule has 0 amide bonds. The van der Waals surface area contributed by atoms with Gasteiger partial charge in [-0.1, -0.05) is 0 Å². The molecule has 1 aromatic carbocycles. The third-order valence-corrected chi connectivity index (χ3v) is 3.24. The standard InChI is InChI=1S/C14H19N3O/c1-8-6-11(7-9(2)13(8)18-5)12-10(3)16-14(15)17(12)4/h6-7H,1-5H3,(H2,15,16). The van der Waals surface area contributed by atoms with Crippen molar-refractivity contribution in [3.8, 4) is 17.0 Å². The number of rotatable bonds is 2. The van der Waals surface area contributed by atoms with Gasteiger partial charge in [-0.15, -0.1) is 0 Å². The highest BCUT2D eigenvalue weighted by Crippen LogP contribution is 2.31. The van der Waals surface area contributed by atoms with Crippen LogP contribution in [0, 0.1) is 20.8 Å². The molecule has 96 valence electrons. The maximum absolute atomic E-state index is 5.84. The van der Waals surface area contributed by atoms with Crippen LogP contribution in [0.1, 0.15) is 16.8 Å². The van der Waals surface area contributed by atoms with E-state index in [1.807, 2.05) is 32.4 Å². The van der Waals surface area contributed by atoms with Crippen molar-refractivity contribution < 1.29 is 4.74 Å². The van der Waals surface area contributed by atoms with Crippen molar-refractivity contribution in [2.75, 3.05) is 12.8 Å². The fourth-order valence-electron chi connectivity index (χ4n) is 2.47. The average Bonchev–Trinajstić information content (AvgIpc) is 2.52. The molecule has 0 saturated carbocycles. The molecular formula is C14H19N3O. The van der Waals surface area contributed by atoms with Gasteiger partial charge in [0.2, 0.25) is 5.95 Å². The quantitative estimate of drug-likeness (QED) is 0.884. The summed E-state index contributed by atoms with van der Waals surface area (Å²) in [7, 11) is 3.63. The van der Waals surface area contributed by atoms with Gasteiger partial charge in [0.1, 0.15) is 5.75 Å². The number of aromatic nitrogens is 2. The minimum atomic E-state index is 0.536. The lowest BCUT2D eigenvalue weighted by Crippen LogP contribution is -1.99. The molecule has 2 N–H and O–H groups in total. The fourth-order valence-corrected chi connectivity index (χ4v) is 2.47. The average molecular weight is 245 g/mol. The van der Waals surface area contributed by atoms with Crippen LogP contribution in [0.2, 0.25) is 0 Å². The number of benzene rings is 1. The summed E-state index contributed by atoms with van der Waals surface area (Å²) in [5.41, 5.74) is 11.2. The number of hydrogen-bond donors (Lipinski definition) is 1. The summed E-state index contributed by atoms with van der Waals surface area (Å²) in [5.74, 6) is 1.47. The van der Waals surface area contributed by atoms with Crippen molar-refractivity contribution in [2.45, 2.75) is 20.8 Å². The maximum atomic E-state index is 5.84. The first-order valence-electron chi connectivity index (χ1n) is 5.90. The van der Waals surface area contributed by atoms with Gasteiger partial charge in [0.05, 0.1) is 18.5 Å². The van der Waals surface area contributed by atoms with E-state index in [2.05, 4.69) is 17.1 Å². The second kappa shape index (κ2) is 4.37. The van der Waals surface area contributed by atoms with Crippen LogP contribution in [0.15, 0.2) is 12.1 Å². The number of nitrogen functional groups attached to an aromatic ring is 1. The Labute approximate surface area is 107 Å². The number of methoxy groups -OCH3 is 1. The molecule has 0 unspecified atom stereocenters. The van der Waals surface area contributed by atoms with Gasteiger partial charge >= 0.3 is 0 Å². The van der Waals surface area contributed by atoms with E-state index in [4.69, 9.17) is 10.5 Å². The predicted molar refractivity (Wildman–Crippen MR) is 73.8 cm³/mol. The van der Waals surface area contributed by atoms with E-state index >= 15 is 0 Å². The minimum Gasteiger partial charge on any atom is -0.496 e. The molecule has 0 spiro atoms. The highest BCUT2D eigenvalue weighted by molar-refractivity contribution is 5.68. The summed E-state index contributed by atoms with van der Waals surface area (Å²) in [5, 5.41) is 0. The summed E-state index contributed by atoms with van der Waals surface area (Å²) in [6.07, 6.45) is 0. The molecular weight excluding hydrogens is 226 g/mol. The van der Waals surface area contributed by atoms with Crippen molar-refractivity contribution in [2.24, 2.45) is 7.05 Å². The Kier molecular flexibility index (Phi) is 3.03. The number of nitrogens with zero attached hydrogens (tertiary/aromatic N) is 2. The van der Waals surface area contributed by atoms with Crippen molar-refractivity contribution in [1.29, 1.82) is 0 Å². The lowest BCUT2D eigenvalue weighted by Gasteiger charge is -2.12. The van der Waals surface area contributed by atoms with E-state index < -0.39 is 0 Å². The van der Waals surface area contributed by atoms with Crippen molar-refractivity contribution in [1.82, 2.24) is 9.55 Å². The summed E-state index contributed by atoms with van der Waals surface area (Å²) in [6.45, 7) is 6.06. The maximum Gasteiger partial charge on any atom is 0.200 e. The molecule has 0 bridgehead atoms. The van der Waals surface area contributed by atoms with Gasteiger partial charge in [0.15, 0.2) is 0 Å². The van der Waals surface area contributed by atoms with Crippen LogP contribution in [-0.4, -0.2) is 16.7 Å². The molecule has 0 aliphatic heterocycles. The topological polar surface area (TPSA) is 53.1 Å². The van der Waals surface area contributed by atoms with Gasteiger partial charge in [-0.25, -0.2) is 4.98 Å². The molecule has 0 aliphatic carbocycles. The predicted octanol–water partition coefficient (Wildman–Crippen LogP) is 2.60. The second-order valence-electron chi connectivity index (χ2n) is 4.61. The molecule has 0 radical (unpaired) electrons. The van der Waals surface area contributed by atoms with Gasteiger partial charge in [-0.2, -0.15) is 0 Å². The smallest absolute Gasteiger partial charge is 0.200 e. The molecule has 0 aliphatic rings. The summed E-state index contributed by atoms with van der Waals surface area (Å²) >= 11 is 0. The zero-order chi connectivity index (χ0) is 13.4. The Morgan fingerprint density at radius 2 is 1.72 bits per heavy atom. The Bertz CT molecular complexity index is 576. The Balaban J connectivity index is 2.65. The highest BCUT2D eigenvalue weighted by Gasteiger charge is 2.14. The monoisotopic (exact) mass is 245 g/mol. The SMILES string of the molecule is COc1c(C)cc(-c2c(C)nc(N)n2C)cc1C. The van der Waals surface area contributed by atoms with Crippen LogP contribution in [0.3, 0.4) is 0 Å². The molecule has 0 saturated heterocycles. The molecule has 0 fully saturated rings. The van der Waals surface area contributed by atoms with E-state index in [-0.39, 0.29) is 0 Å². The summed E-state index contributed by atoms with van der Waals surface area (Å²) in [4.78, 5) is 4.30. The van der Waals surface area contributed by atoms with E-state index in [0.717, 1.165) is 33.8 Å². The molecule has 1 aromatic heterocycles. The van der Waals surface area contributed by atoms with Crippen LogP contribution < -0.4 is 10.5 Å². The molecule has 4 heteroatoms. The lowest BCUT2D eigenvalue weighted by atomic mass is 10.0. The van der Waals surface area contributed by atoms with Crippen LogP contribution in [0.5, 0.6) is 5.75 Å². The van der Waals surface area contributed by atoms with E-state index in [1.165, 1.54) is 0 Å². The molecule has 0 atom stereocenters. The molecule has 18 heavy (non-hydrogen) atoms. The van der Waals surface area contributed by atoms with Crippen molar-refractivity contribution in [3.63, 3.8) is 0 Å². The number of aryl methyl sites for hydroxylation is 3. The Morgan fingerprint density at radius 3 is 2.11 bits per heavy atom. The van der Waals surface area contributed by atoms with E-state index in [9.17, 15) is 0 Å². The molecule has 2 aromatic rings. The molecule has 4 nitrogen and oxygen atoms in total. The largest absolute Gasteiger partial charge is 0.496 e. The minimum absolute atomic E-state index is 0.536. The molecule has 1 heterocycles. The van der Waals surface area contributed by atoms with Crippen LogP contribution in [-0.2, 0) is 7.05 Å². The van der Waals surface area contributed by atoms with Gasteiger partial charge < -0.3 is 15.0 Å². The van der Waals surface area contributed by atoms with E-state index in [0.29, 0.717) is 5.95 Å². The van der Waals surface area contributed by atoms with Crippen molar-refractivity contribution in [3.05, 3.63) is 29.0 Å². The van der Waals surface area contributed by atoms with Gasteiger partial charge in [0, 0.05) is 12.6 Å². The van der Waals surface area contributed by atoms with Crippen LogP contribution in [0.4, 0.5) is 5.95 Å². The molecule has 2 rings (SSSR count). The van der Waals surface area contributed by atoms with Gasteiger partial charge in [-0.05, 0) is 44.0 Å². The first-order valence-corrected chi connectivity index (χ1v) is 5.90. The zero-order valence-electron chi connectivity index (χ0n) is 11.5. The van der Waals surface area contributed by atoms with Gasteiger partial charge in [-0.3, -0.25) is 0 Å². The highest BCUT2D eigenvalue weighted by atomic mass is 16.5.